The van der Waals surface area contributed by atoms with Crippen molar-refractivity contribution in [1.29, 1.82) is 0 Å². The van der Waals surface area contributed by atoms with E-state index in [0.717, 1.165) is 42.8 Å². The van der Waals surface area contributed by atoms with Gasteiger partial charge in [0.05, 0.1) is 24.6 Å². The van der Waals surface area contributed by atoms with Gasteiger partial charge in [-0.25, -0.2) is 0 Å². The van der Waals surface area contributed by atoms with Gasteiger partial charge in [-0.3, -0.25) is 9.48 Å². The Balaban J connectivity index is 1.15. The highest BCUT2D eigenvalue weighted by Gasteiger charge is 2.55. The second kappa shape index (κ2) is 7.57. The number of unbranched alkanes of at least 4 members (excludes halogenated alkanes) is 2. The molecule has 7 heteroatoms. The average molecular weight is 392 g/mol. The molecule has 0 saturated carbocycles. The van der Waals surface area contributed by atoms with Crippen LogP contribution in [0.4, 0.5) is 5.69 Å². The minimum atomic E-state index is -1.23. The molecule has 3 heterocycles. The van der Waals surface area contributed by atoms with Gasteiger partial charge in [0.2, 0.25) is 0 Å². The summed E-state index contributed by atoms with van der Waals surface area (Å²) >= 11 is 0. The van der Waals surface area contributed by atoms with Gasteiger partial charge in [0, 0.05) is 30.8 Å². The fourth-order valence-electron chi connectivity index (χ4n) is 4.23. The Hall–Kier alpha value is -2.77. The predicted molar refractivity (Wildman–Crippen MR) is 107 cm³/mol. The standard InChI is InChI=1S/C22H24N4O3/c27-21-22(28-14-15-29-22)18-10-4-5-11-20(18)26(21)13-7-1-6-12-25-16-19(23-24-25)17-8-2-3-9-17/h2-5,8-11,16-17H,1,6-7,12-15H2. The van der Waals surface area contributed by atoms with E-state index in [1.165, 1.54) is 0 Å². The van der Waals surface area contributed by atoms with Crippen LogP contribution >= 0.6 is 0 Å². The molecule has 1 spiro atoms. The highest BCUT2D eigenvalue weighted by atomic mass is 16.7. The van der Waals surface area contributed by atoms with Crippen molar-refractivity contribution < 1.29 is 14.3 Å². The van der Waals surface area contributed by atoms with Gasteiger partial charge in [0.25, 0.3) is 11.7 Å². The normalized spacial score (nSPS) is 19.7. The van der Waals surface area contributed by atoms with E-state index in [0.29, 0.717) is 19.8 Å². The highest BCUT2D eigenvalue weighted by Crippen LogP contribution is 2.45. The fraction of sp³-hybridized carbons (Fsp3) is 0.409. The Labute approximate surface area is 169 Å². The van der Waals surface area contributed by atoms with Crippen LogP contribution in [0.5, 0.6) is 0 Å². The zero-order valence-corrected chi connectivity index (χ0v) is 16.2. The van der Waals surface area contributed by atoms with Crippen LogP contribution < -0.4 is 4.90 Å². The van der Waals surface area contributed by atoms with Crippen molar-refractivity contribution in [3.8, 4) is 0 Å². The third kappa shape index (κ3) is 3.20. The molecule has 0 bridgehead atoms. The molecule has 0 unspecified atom stereocenters. The van der Waals surface area contributed by atoms with Crippen molar-refractivity contribution in [1.82, 2.24) is 15.0 Å². The molecule has 2 aliphatic heterocycles. The number of benzene rings is 1. The van der Waals surface area contributed by atoms with Gasteiger partial charge in [0.1, 0.15) is 0 Å². The van der Waals surface area contributed by atoms with Gasteiger partial charge in [0.15, 0.2) is 0 Å². The third-order valence-corrected chi connectivity index (χ3v) is 5.68. The van der Waals surface area contributed by atoms with Gasteiger partial charge < -0.3 is 14.4 Å². The fourth-order valence-corrected chi connectivity index (χ4v) is 4.23. The van der Waals surface area contributed by atoms with E-state index >= 15 is 0 Å². The molecular formula is C22H24N4O3. The van der Waals surface area contributed by atoms with Crippen molar-refractivity contribution in [2.24, 2.45) is 0 Å². The summed E-state index contributed by atoms with van der Waals surface area (Å²) in [5, 5.41) is 8.49. The van der Waals surface area contributed by atoms with Gasteiger partial charge in [-0.15, -0.1) is 5.10 Å². The quantitative estimate of drug-likeness (QED) is 0.678. The van der Waals surface area contributed by atoms with Crippen LogP contribution in [0, 0.1) is 0 Å². The molecule has 1 amide bonds. The number of amides is 1. The summed E-state index contributed by atoms with van der Waals surface area (Å²) in [6, 6.07) is 7.77. The molecule has 150 valence electrons. The maximum Gasteiger partial charge on any atom is 0.292 e. The molecule has 0 N–H and O–H groups in total. The predicted octanol–water partition coefficient (Wildman–Crippen LogP) is 2.90. The Morgan fingerprint density at radius 1 is 1.03 bits per heavy atom. The topological polar surface area (TPSA) is 69.5 Å². The third-order valence-electron chi connectivity index (χ3n) is 5.68. The summed E-state index contributed by atoms with van der Waals surface area (Å²) in [4.78, 5) is 14.9. The maximum atomic E-state index is 13.0. The van der Waals surface area contributed by atoms with E-state index < -0.39 is 5.79 Å². The molecule has 0 atom stereocenters. The Bertz CT molecular complexity index is 946. The number of aryl methyl sites for hydroxylation is 1. The molecule has 3 aliphatic rings. The molecule has 1 fully saturated rings. The molecular weight excluding hydrogens is 368 g/mol. The number of rotatable bonds is 7. The van der Waals surface area contributed by atoms with E-state index in [1.807, 2.05) is 52.2 Å². The number of hydrogen-bond donors (Lipinski definition) is 0. The lowest BCUT2D eigenvalue weighted by atomic mass is 10.1. The van der Waals surface area contributed by atoms with Crippen LogP contribution in [0.15, 0.2) is 54.8 Å². The Morgan fingerprint density at radius 3 is 2.62 bits per heavy atom. The van der Waals surface area contributed by atoms with Gasteiger partial charge in [-0.2, -0.15) is 0 Å². The summed E-state index contributed by atoms with van der Waals surface area (Å²) in [7, 11) is 0. The second-order valence-electron chi connectivity index (χ2n) is 7.55. The maximum absolute atomic E-state index is 13.0. The lowest BCUT2D eigenvalue weighted by Crippen LogP contribution is -2.41. The molecule has 5 rings (SSSR count). The van der Waals surface area contributed by atoms with E-state index in [1.54, 1.807) is 0 Å². The summed E-state index contributed by atoms with van der Waals surface area (Å²) < 4.78 is 13.4. The summed E-state index contributed by atoms with van der Waals surface area (Å²) in [5.74, 6) is -1.08. The molecule has 1 saturated heterocycles. The first-order valence-corrected chi connectivity index (χ1v) is 10.2. The number of ether oxygens (including phenoxy) is 2. The first-order valence-electron chi connectivity index (χ1n) is 10.2. The largest absolute Gasteiger partial charge is 0.336 e. The van der Waals surface area contributed by atoms with Gasteiger partial charge in [-0.05, 0) is 25.3 Å². The van der Waals surface area contributed by atoms with E-state index in [-0.39, 0.29) is 11.8 Å². The molecule has 1 aromatic heterocycles. The van der Waals surface area contributed by atoms with Gasteiger partial charge in [-0.1, -0.05) is 47.7 Å². The van der Waals surface area contributed by atoms with E-state index in [4.69, 9.17) is 9.47 Å². The molecule has 7 nitrogen and oxygen atoms in total. The first kappa shape index (κ1) is 18.3. The Kier molecular flexibility index (Phi) is 4.77. The number of allylic oxidation sites excluding steroid dienone is 4. The van der Waals surface area contributed by atoms with Crippen molar-refractivity contribution >= 4 is 11.6 Å². The first-order chi connectivity index (χ1) is 14.3. The van der Waals surface area contributed by atoms with Crippen molar-refractivity contribution in [3.63, 3.8) is 0 Å². The molecule has 1 aliphatic carbocycles. The molecule has 1 aromatic carbocycles. The SMILES string of the molecule is O=C1N(CCCCCn2cc(C3C=CC=C3)nn2)c2ccccc2C12OCCO2. The van der Waals surface area contributed by atoms with Crippen LogP contribution in [0.3, 0.4) is 0 Å². The number of para-hydroxylation sites is 1. The van der Waals surface area contributed by atoms with E-state index in [2.05, 4.69) is 22.5 Å². The number of carbonyl (C=O) groups excluding carboxylic acids is 1. The average Bonchev–Trinajstić information content (AvgIpc) is 3.53. The number of aromatic nitrogens is 3. The number of carbonyl (C=O) groups is 1. The number of hydrogen-bond acceptors (Lipinski definition) is 5. The van der Waals surface area contributed by atoms with Crippen LogP contribution in [-0.4, -0.2) is 40.7 Å². The van der Waals surface area contributed by atoms with Crippen molar-refractivity contribution in [3.05, 3.63) is 66.0 Å². The molecule has 29 heavy (non-hydrogen) atoms. The molecule has 0 radical (unpaired) electrons. The monoisotopic (exact) mass is 392 g/mol. The van der Waals surface area contributed by atoms with Crippen LogP contribution in [-0.2, 0) is 26.6 Å². The number of nitrogens with zero attached hydrogens (tertiary/aromatic N) is 4. The summed E-state index contributed by atoms with van der Waals surface area (Å²) in [5.41, 5.74) is 2.71. The molecule has 2 aromatic rings. The summed E-state index contributed by atoms with van der Waals surface area (Å²) in [6.07, 6.45) is 13.2. The second-order valence-corrected chi connectivity index (χ2v) is 7.55. The summed E-state index contributed by atoms with van der Waals surface area (Å²) in [6.45, 7) is 2.37. The lowest BCUT2D eigenvalue weighted by molar-refractivity contribution is -0.180. The van der Waals surface area contributed by atoms with Gasteiger partial charge >= 0.3 is 0 Å². The Morgan fingerprint density at radius 2 is 1.79 bits per heavy atom. The highest BCUT2D eigenvalue weighted by molar-refractivity contribution is 6.06. The van der Waals surface area contributed by atoms with E-state index in [9.17, 15) is 4.79 Å². The van der Waals surface area contributed by atoms with Crippen LogP contribution in [0.1, 0.15) is 36.4 Å². The number of fused-ring (bicyclic) bond motifs is 2. The number of anilines is 1. The van der Waals surface area contributed by atoms with Crippen LogP contribution in [0.2, 0.25) is 0 Å². The van der Waals surface area contributed by atoms with Crippen molar-refractivity contribution in [2.75, 3.05) is 24.7 Å². The minimum Gasteiger partial charge on any atom is -0.336 e. The zero-order chi connectivity index (χ0) is 19.7. The minimum absolute atomic E-state index is 0.102. The zero-order valence-electron chi connectivity index (χ0n) is 16.2. The van der Waals surface area contributed by atoms with Crippen molar-refractivity contribution in [2.45, 2.75) is 37.5 Å². The lowest BCUT2D eigenvalue weighted by Gasteiger charge is -2.22. The van der Waals surface area contributed by atoms with Crippen LogP contribution in [0.25, 0.3) is 0 Å². The smallest absolute Gasteiger partial charge is 0.292 e.